The molecule has 1 aliphatic rings. The zero-order chi connectivity index (χ0) is 8.97. The predicted octanol–water partition coefficient (Wildman–Crippen LogP) is 1.10. The summed E-state index contributed by atoms with van der Waals surface area (Å²) >= 11 is 1.81. The molecule has 1 rings (SSSR count). The summed E-state index contributed by atoms with van der Waals surface area (Å²) in [5.41, 5.74) is 0. The lowest BCUT2D eigenvalue weighted by molar-refractivity contribution is 0.132. The van der Waals surface area contributed by atoms with E-state index in [4.69, 9.17) is 0 Å². The van der Waals surface area contributed by atoms with Crippen molar-refractivity contribution in [2.45, 2.75) is 30.6 Å². The fourth-order valence-corrected chi connectivity index (χ4v) is 2.80. The van der Waals surface area contributed by atoms with Crippen molar-refractivity contribution in [2.24, 2.45) is 5.92 Å². The average Bonchev–Trinajstić information content (AvgIpc) is 2.43. The predicted molar refractivity (Wildman–Crippen MR) is 54.6 cm³/mol. The van der Waals surface area contributed by atoms with E-state index in [-0.39, 0.29) is 6.10 Å². The molecule has 1 aliphatic carbocycles. The Morgan fingerprint density at radius 3 is 2.75 bits per heavy atom. The Balaban J connectivity index is 2.28. The number of rotatable bonds is 4. The maximum absolute atomic E-state index is 9.83. The number of aliphatic hydroxyl groups is 1. The van der Waals surface area contributed by atoms with Gasteiger partial charge in [0.2, 0.25) is 0 Å². The van der Waals surface area contributed by atoms with Crippen LogP contribution < -0.4 is 5.32 Å². The monoisotopic (exact) mass is 189 g/mol. The Bertz CT molecular complexity index is 132. The average molecular weight is 189 g/mol. The number of nitrogens with one attached hydrogen (secondary N) is 1. The van der Waals surface area contributed by atoms with Crippen LogP contribution in [0.25, 0.3) is 0 Å². The minimum absolute atomic E-state index is 0.0617. The molecule has 0 saturated heterocycles. The maximum atomic E-state index is 9.83. The van der Waals surface area contributed by atoms with Crippen LogP contribution in [0.3, 0.4) is 0 Å². The van der Waals surface area contributed by atoms with Crippen molar-refractivity contribution >= 4 is 11.8 Å². The molecule has 0 aromatic rings. The van der Waals surface area contributed by atoms with E-state index in [2.05, 4.69) is 11.6 Å². The van der Waals surface area contributed by atoms with E-state index < -0.39 is 0 Å². The molecular weight excluding hydrogens is 170 g/mol. The summed E-state index contributed by atoms with van der Waals surface area (Å²) < 4.78 is 0. The van der Waals surface area contributed by atoms with Crippen LogP contribution in [0.2, 0.25) is 0 Å². The topological polar surface area (TPSA) is 32.3 Å². The third-order valence-corrected chi connectivity index (χ3v) is 3.87. The maximum Gasteiger partial charge on any atom is 0.0687 e. The molecule has 72 valence electrons. The number of hydrogen-bond acceptors (Lipinski definition) is 3. The van der Waals surface area contributed by atoms with E-state index in [1.807, 2.05) is 18.8 Å². The van der Waals surface area contributed by atoms with Crippen LogP contribution in [-0.2, 0) is 0 Å². The fraction of sp³-hybridized carbons (Fsp3) is 1.00. The van der Waals surface area contributed by atoms with E-state index in [1.54, 1.807) is 0 Å². The van der Waals surface area contributed by atoms with Crippen LogP contribution in [0.4, 0.5) is 0 Å². The zero-order valence-electron chi connectivity index (χ0n) is 7.92. The minimum atomic E-state index is -0.0617. The molecule has 2 N–H and O–H groups in total. The number of aliphatic hydroxyl groups excluding tert-OH is 1. The van der Waals surface area contributed by atoms with Gasteiger partial charge in [-0.2, -0.15) is 11.8 Å². The van der Waals surface area contributed by atoms with Crippen molar-refractivity contribution in [3.63, 3.8) is 0 Å². The Morgan fingerprint density at radius 1 is 1.50 bits per heavy atom. The minimum Gasteiger partial charge on any atom is -0.392 e. The summed E-state index contributed by atoms with van der Waals surface area (Å²) in [6.45, 7) is 1.03. The molecule has 0 unspecified atom stereocenters. The normalized spacial score (nSPS) is 35.8. The Hall–Kier alpha value is 0.270. The number of hydrogen-bond donors (Lipinski definition) is 2. The van der Waals surface area contributed by atoms with Gasteiger partial charge in [-0.3, -0.25) is 0 Å². The van der Waals surface area contributed by atoms with Gasteiger partial charge < -0.3 is 10.4 Å². The Labute approximate surface area is 79.1 Å². The highest BCUT2D eigenvalue weighted by molar-refractivity contribution is 7.99. The van der Waals surface area contributed by atoms with Crippen molar-refractivity contribution in [3.8, 4) is 0 Å². The zero-order valence-corrected chi connectivity index (χ0v) is 8.73. The quantitative estimate of drug-likeness (QED) is 0.694. The molecule has 0 radical (unpaired) electrons. The lowest BCUT2D eigenvalue weighted by Gasteiger charge is -2.17. The SMILES string of the molecule is CNCC[C@@H]1CC[C@@H](SC)[C@@H]1O. The first-order chi connectivity index (χ1) is 5.79. The van der Waals surface area contributed by atoms with E-state index in [1.165, 1.54) is 12.8 Å². The second-order valence-electron chi connectivity index (χ2n) is 3.49. The molecule has 3 heteroatoms. The van der Waals surface area contributed by atoms with Crippen LogP contribution in [0, 0.1) is 5.92 Å². The molecule has 12 heavy (non-hydrogen) atoms. The van der Waals surface area contributed by atoms with Crippen LogP contribution in [0.15, 0.2) is 0 Å². The largest absolute Gasteiger partial charge is 0.392 e. The van der Waals surface area contributed by atoms with Crippen LogP contribution in [-0.4, -0.2) is 36.3 Å². The smallest absolute Gasteiger partial charge is 0.0687 e. The van der Waals surface area contributed by atoms with Gasteiger partial charge in [0.15, 0.2) is 0 Å². The molecular formula is C9H19NOS. The molecule has 1 fully saturated rings. The number of thioether (sulfide) groups is 1. The highest BCUT2D eigenvalue weighted by atomic mass is 32.2. The standard InChI is InChI=1S/C9H19NOS/c1-10-6-5-7-3-4-8(12-2)9(7)11/h7-11H,3-6H2,1-2H3/t7-,8+,9+/m0/s1. The molecule has 0 aromatic heterocycles. The van der Waals surface area contributed by atoms with Crippen LogP contribution >= 0.6 is 11.8 Å². The lowest BCUT2D eigenvalue weighted by Crippen LogP contribution is -2.25. The molecule has 0 bridgehead atoms. The third-order valence-electron chi connectivity index (χ3n) is 2.75. The van der Waals surface area contributed by atoms with Gasteiger partial charge in [0.05, 0.1) is 6.10 Å². The second-order valence-corrected chi connectivity index (χ2v) is 4.57. The molecule has 0 heterocycles. The van der Waals surface area contributed by atoms with Crippen molar-refractivity contribution in [3.05, 3.63) is 0 Å². The fourth-order valence-electron chi connectivity index (χ4n) is 1.93. The lowest BCUT2D eigenvalue weighted by atomic mass is 10.0. The summed E-state index contributed by atoms with van der Waals surface area (Å²) in [5.74, 6) is 0.537. The van der Waals surface area contributed by atoms with Gasteiger partial charge in [0, 0.05) is 5.25 Å². The molecule has 2 nitrogen and oxygen atoms in total. The summed E-state index contributed by atoms with van der Waals surface area (Å²) in [4.78, 5) is 0. The van der Waals surface area contributed by atoms with Gasteiger partial charge in [0.1, 0.15) is 0 Å². The van der Waals surface area contributed by atoms with Crippen molar-refractivity contribution in [1.82, 2.24) is 5.32 Å². The first-order valence-corrected chi connectivity index (χ1v) is 5.94. The van der Waals surface area contributed by atoms with Crippen LogP contribution in [0.5, 0.6) is 0 Å². The van der Waals surface area contributed by atoms with E-state index in [0.717, 1.165) is 13.0 Å². The third kappa shape index (κ3) is 2.38. The first-order valence-electron chi connectivity index (χ1n) is 4.65. The second kappa shape index (κ2) is 5.10. The summed E-state index contributed by atoms with van der Waals surface area (Å²) in [6.07, 6.45) is 5.54. The van der Waals surface area contributed by atoms with E-state index in [0.29, 0.717) is 11.2 Å². The van der Waals surface area contributed by atoms with Gasteiger partial charge in [-0.1, -0.05) is 0 Å². The molecule has 0 amide bonds. The molecule has 0 aromatic carbocycles. The van der Waals surface area contributed by atoms with Gasteiger partial charge in [0.25, 0.3) is 0 Å². The van der Waals surface area contributed by atoms with Gasteiger partial charge in [-0.25, -0.2) is 0 Å². The molecule has 3 atom stereocenters. The molecule has 0 aliphatic heterocycles. The summed E-state index contributed by atoms with van der Waals surface area (Å²) in [6, 6.07) is 0. The Kier molecular flexibility index (Phi) is 4.40. The van der Waals surface area contributed by atoms with Gasteiger partial charge >= 0.3 is 0 Å². The van der Waals surface area contributed by atoms with Crippen molar-refractivity contribution in [2.75, 3.05) is 19.8 Å². The molecule has 0 spiro atoms. The highest BCUT2D eigenvalue weighted by Gasteiger charge is 2.33. The Morgan fingerprint density at radius 2 is 2.25 bits per heavy atom. The van der Waals surface area contributed by atoms with E-state index in [9.17, 15) is 5.11 Å². The first kappa shape index (κ1) is 10.4. The van der Waals surface area contributed by atoms with Crippen molar-refractivity contribution in [1.29, 1.82) is 0 Å². The highest BCUT2D eigenvalue weighted by Crippen LogP contribution is 2.34. The molecule has 1 saturated carbocycles. The summed E-state index contributed by atoms with van der Waals surface area (Å²) in [7, 11) is 1.97. The van der Waals surface area contributed by atoms with Gasteiger partial charge in [-0.15, -0.1) is 0 Å². The summed E-state index contributed by atoms with van der Waals surface area (Å²) in [5, 5.41) is 13.4. The van der Waals surface area contributed by atoms with E-state index >= 15 is 0 Å². The van der Waals surface area contributed by atoms with Gasteiger partial charge in [-0.05, 0) is 45.0 Å². The van der Waals surface area contributed by atoms with Crippen molar-refractivity contribution < 1.29 is 5.11 Å². The van der Waals surface area contributed by atoms with Crippen LogP contribution in [0.1, 0.15) is 19.3 Å².